The monoisotopic (exact) mass is 261 g/mol. The van der Waals surface area contributed by atoms with Crippen LogP contribution in [0.2, 0.25) is 0 Å². The zero-order chi connectivity index (χ0) is 14.0. The van der Waals surface area contributed by atoms with Gasteiger partial charge in [-0.2, -0.15) is 5.26 Å². The van der Waals surface area contributed by atoms with E-state index in [1.807, 2.05) is 12.1 Å². The molecule has 19 heavy (non-hydrogen) atoms. The van der Waals surface area contributed by atoms with E-state index < -0.39 is 5.82 Å². The van der Waals surface area contributed by atoms with Crippen molar-refractivity contribution >= 4 is 5.69 Å². The molecule has 0 saturated carbocycles. The van der Waals surface area contributed by atoms with Gasteiger partial charge in [0.1, 0.15) is 17.4 Å². The Morgan fingerprint density at radius 2 is 1.79 bits per heavy atom. The molecular formula is C15H20FN3. The number of rotatable bonds is 1. The molecule has 3 nitrogen and oxygen atoms in total. The molecule has 1 aromatic rings. The van der Waals surface area contributed by atoms with Gasteiger partial charge in [0.15, 0.2) is 0 Å². The minimum atomic E-state index is -0.432. The summed E-state index contributed by atoms with van der Waals surface area (Å²) in [4.78, 5) is 4.51. The van der Waals surface area contributed by atoms with Gasteiger partial charge in [0, 0.05) is 31.7 Å². The molecular weight excluding hydrogens is 241 g/mol. The van der Waals surface area contributed by atoms with Crippen LogP contribution in [0.4, 0.5) is 10.1 Å². The molecule has 1 aliphatic heterocycles. The van der Waals surface area contributed by atoms with E-state index >= 15 is 0 Å². The van der Waals surface area contributed by atoms with Crippen LogP contribution in [0.15, 0.2) is 18.2 Å². The maximum absolute atomic E-state index is 13.6. The number of hydrogen-bond donors (Lipinski definition) is 0. The van der Waals surface area contributed by atoms with Gasteiger partial charge in [-0.1, -0.05) is 6.07 Å². The molecule has 0 radical (unpaired) electrons. The lowest BCUT2D eigenvalue weighted by molar-refractivity contribution is 0.128. The standard InChI is InChI=1S/C15H20FN3/c1-15(2,3)19-9-7-18(8-10-19)14-6-4-5-13(16)12(14)11-17/h4-6H,7-10H2,1-3H3. The van der Waals surface area contributed by atoms with E-state index in [1.165, 1.54) is 6.07 Å². The van der Waals surface area contributed by atoms with Crippen LogP contribution >= 0.6 is 0 Å². The van der Waals surface area contributed by atoms with E-state index in [0.717, 1.165) is 31.9 Å². The molecule has 4 heteroatoms. The third kappa shape index (κ3) is 2.87. The second-order valence-corrected chi connectivity index (χ2v) is 5.89. The van der Waals surface area contributed by atoms with Crippen LogP contribution in [0.25, 0.3) is 0 Å². The first-order valence-electron chi connectivity index (χ1n) is 6.62. The summed E-state index contributed by atoms with van der Waals surface area (Å²) in [7, 11) is 0. The van der Waals surface area contributed by atoms with Crippen LogP contribution in [-0.4, -0.2) is 36.6 Å². The van der Waals surface area contributed by atoms with Gasteiger partial charge in [-0.25, -0.2) is 4.39 Å². The highest BCUT2D eigenvalue weighted by Crippen LogP contribution is 2.25. The molecule has 0 aromatic heterocycles. The molecule has 2 rings (SSSR count). The normalized spacial score (nSPS) is 17.3. The number of benzene rings is 1. The van der Waals surface area contributed by atoms with Crippen molar-refractivity contribution in [2.24, 2.45) is 0 Å². The third-order valence-corrected chi connectivity index (χ3v) is 3.67. The van der Waals surface area contributed by atoms with Crippen molar-refractivity contribution in [3.8, 4) is 6.07 Å². The van der Waals surface area contributed by atoms with Crippen molar-refractivity contribution in [2.75, 3.05) is 31.1 Å². The van der Waals surface area contributed by atoms with Gasteiger partial charge in [0.25, 0.3) is 0 Å². The molecule has 102 valence electrons. The summed E-state index contributed by atoms with van der Waals surface area (Å²) in [5.74, 6) is -0.432. The van der Waals surface area contributed by atoms with E-state index in [1.54, 1.807) is 6.07 Å². The first kappa shape index (κ1) is 13.8. The molecule has 0 N–H and O–H groups in total. The number of anilines is 1. The lowest BCUT2D eigenvalue weighted by atomic mass is 10.0. The average molecular weight is 261 g/mol. The van der Waals surface area contributed by atoms with Crippen molar-refractivity contribution in [3.05, 3.63) is 29.6 Å². The van der Waals surface area contributed by atoms with Gasteiger partial charge in [-0.05, 0) is 32.9 Å². The summed E-state index contributed by atoms with van der Waals surface area (Å²) < 4.78 is 13.6. The summed E-state index contributed by atoms with van der Waals surface area (Å²) in [5.41, 5.74) is 1.04. The molecule has 0 aliphatic carbocycles. The lowest BCUT2D eigenvalue weighted by Crippen LogP contribution is -2.53. The Balaban J connectivity index is 2.15. The Bertz CT molecular complexity index is 491. The Hall–Kier alpha value is -1.60. The molecule has 1 fully saturated rings. The molecule has 1 saturated heterocycles. The van der Waals surface area contributed by atoms with Crippen LogP contribution in [0.3, 0.4) is 0 Å². The molecule has 0 amide bonds. The van der Waals surface area contributed by atoms with Gasteiger partial charge in [0.2, 0.25) is 0 Å². The topological polar surface area (TPSA) is 30.3 Å². The average Bonchev–Trinajstić information content (AvgIpc) is 2.37. The smallest absolute Gasteiger partial charge is 0.143 e. The summed E-state index contributed by atoms with van der Waals surface area (Å²) in [5, 5.41) is 9.08. The lowest BCUT2D eigenvalue weighted by Gasteiger charge is -2.43. The molecule has 0 atom stereocenters. The van der Waals surface area contributed by atoms with E-state index in [9.17, 15) is 4.39 Å². The fraction of sp³-hybridized carbons (Fsp3) is 0.533. The number of nitrogens with zero attached hydrogens (tertiary/aromatic N) is 3. The van der Waals surface area contributed by atoms with Gasteiger partial charge >= 0.3 is 0 Å². The summed E-state index contributed by atoms with van der Waals surface area (Å²) in [6, 6.07) is 6.81. The predicted octanol–water partition coefficient (Wildman–Crippen LogP) is 2.62. The third-order valence-electron chi connectivity index (χ3n) is 3.67. The number of halogens is 1. The Labute approximate surface area is 114 Å². The predicted molar refractivity (Wildman–Crippen MR) is 74.7 cm³/mol. The Morgan fingerprint density at radius 1 is 1.16 bits per heavy atom. The van der Waals surface area contributed by atoms with Crippen molar-refractivity contribution in [1.29, 1.82) is 5.26 Å². The van der Waals surface area contributed by atoms with Crippen molar-refractivity contribution in [2.45, 2.75) is 26.3 Å². The maximum Gasteiger partial charge on any atom is 0.143 e. The van der Waals surface area contributed by atoms with Crippen LogP contribution in [0.1, 0.15) is 26.3 Å². The van der Waals surface area contributed by atoms with E-state index in [-0.39, 0.29) is 11.1 Å². The van der Waals surface area contributed by atoms with Gasteiger partial charge < -0.3 is 4.90 Å². The van der Waals surface area contributed by atoms with Crippen LogP contribution in [0.5, 0.6) is 0 Å². The second kappa shape index (κ2) is 5.18. The second-order valence-electron chi connectivity index (χ2n) is 5.89. The van der Waals surface area contributed by atoms with E-state index in [4.69, 9.17) is 5.26 Å². The number of hydrogen-bond acceptors (Lipinski definition) is 3. The fourth-order valence-corrected chi connectivity index (χ4v) is 2.51. The van der Waals surface area contributed by atoms with E-state index in [2.05, 4.69) is 30.6 Å². The molecule has 1 heterocycles. The Morgan fingerprint density at radius 3 is 2.32 bits per heavy atom. The zero-order valence-corrected chi connectivity index (χ0v) is 11.8. The Kier molecular flexibility index (Phi) is 3.77. The molecule has 0 spiro atoms. The summed E-state index contributed by atoms with van der Waals surface area (Å²) in [6.07, 6.45) is 0. The first-order chi connectivity index (χ1) is 8.93. The van der Waals surface area contributed by atoms with Crippen LogP contribution < -0.4 is 4.90 Å². The van der Waals surface area contributed by atoms with Crippen molar-refractivity contribution in [1.82, 2.24) is 4.90 Å². The largest absolute Gasteiger partial charge is 0.368 e. The maximum atomic E-state index is 13.6. The highest BCUT2D eigenvalue weighted by atomic mass is 19.1. The number of nitriles is 1. The summed E-state index contributed by atoms with van der Waals surface area (Å²) >= 11 is 0. The number of piperazine rings is 1. The molecule has 0 bridgehead atoms. The SMILES string of the molecule is CC(C)(C)N1CCN(c2cccc(F)c2C#N)CC1. The molecule has 1 aliphatic rings. The van der Waals surface area contributed by atoms with E-state index in [0.29, 0.717) is 0 Å². The van der Waals surface area contributed by atoms with Crippen LogP contribution in [0, 0.1) is 17.1 Å². The highest BCUT2D eigenvalue weighted by Gasteiger charge is 2.27. The quantitative estimate of drug-likeness (QED) is 0.778. The van der Waals surface area contributed by atoms with Crippen molar-refractivity contribution in [3.63, 3.8) is 0 Å². The molecule has 0 unspecified atom stereocenters. The summed E-state index contributed by atoms with van der Waals surface area (Å²) in [6.45, 7) is 10.1. The van der Waals surface area contributed by atoms with Gasteiger partial charge in [-0.15, -0.1) is 0 Å². The minimum absolute atomic E-state index is 0.159. The highest BCUT2D eigenvalue weighted by molar-refractivity contribution is 5.60. The van der Waals surface area contributed by atoms with Gasteiger partial charge in [0.05, 0.1) is 5.69 Å². The van der Waals surface area contributed by atoms with Gasteiger partial charge in [-0.3, -0.25) is 4.90 Å². The zero-order valence-electron chi connectivity index (χ0n) is 11.8. The van der Waals surface area contributed by atoms with Crippen LogP contribution in [-0.2, 0) is 0 Å². The first-order valence-corrected chi connectivity index (χ1v) is 6.62. The fourth-order valence-electron chi connectivity index (χ4n) is 2.51. The molecule has 1 aromatic carbocycles. The van der Waals surface area contributed by atoms with Crippen molar-refractivity contribution < 1.29 is 4.39 Å². The minimum Gasteiger partial charge on any atom is -0.368 e.